The number of fused-ring (bicyclic) bond motifs is 1. The number of aromatic nitrogens is 2. The molecule has 2 heterocycles. The van der Waals surface area contributed by atoms with Crippen molar-refractivity contribution in [3.8, 4) is 5.75 Å². The highest BCUT2D eigenvalue weighted by atomic mass is 16.5. The lowest BCUT2D eigenvalue weighted by molar-refractivity contribution is 0.322. The number of ether oxygens (including phenoxy) is 1. The molecule has 2 aromatic rings. The van der Waals surface area contributed by atoms with Crippen LogP contribution in [0.5, 0.6) is 5.75 Å². The molecule has 0 aliphatic carbocycles. The first kappa shape index (κ1) is 12.0. The van der Waals surface area contributed by atoms with Gasteiger partial charge in [-0.3, -0.25) is 0 Å². The van der Waals surface area contributed by atoms with E-state index >= 15 is 0 Å². The standard InChI is InChI=1S/C15H17N3O/c1-10-7-16-15(17-8-10)18-11(2)13-9-19-14-6-4-3-5-12(13)14/h3-8,11,13H,9H2,1-2H3,(H,16,17,18). The third kappa shape index (κ3) is 2.38. The second-order valence-electron chi connectivity index (χ2n) is 4.97. The third-order valence-corrected chi connectivity index (χ3v) is 3.48. The molecule has 4 heteroatoms. The minimum absolute atomic E-state index is 0.228. The molecule has 0 radical (unpaired) electrons. The van der Waals surface area contributed by atoms with Crippen LogP contribution in [0.3, 0.4) is 0 Å². The molecule has 0 amide bonds. The highest BCUT2D eigenvalue weighted by Gasteiger charge is 2.28. The Labute approximate surface area is 112 Å². The number of hydrogen-bond donors (Lipinski definition) is 1. The monoisotopic (exact) mass is 255 g/mol. The van der Waals surface area contributed by atoms with E-state index in [4.69, 9.17) is 4.74 Å². The molecule has 2 atom stereocenters. The fourth-order valence-corrected chi connectivity index (χ4v) is 2.37. The van der Waals surface area contributed by atoms with E-state index in [1.54, 1.807) is 0 Å². The van der Waals surface area contributed by atoms with Crippen molar-refractivity contribution in [2.75, 3.05) is 11.9 Å². The van der Waals surface area contributed by atoms with Crippen LogP contribution in [-0.2, 0) is 0 Å². The van der Waals surface area contributed by atoms with Crippen molar-refractivity contribution < 1.29 is 4.74 Å². The summed E-state index contributed by atoms with van der Waals surface area (Å²) in [5, 5.41) is 3.35. The summed E-state index contributed by atoms with van der Waals surface area (Å²) in [6.45, 7) is 4.83. The zero-order valence-corrected chi connectivity index (χ0v) is 11.1. The Morgan fingerprint density at radius 1 is 1.26 bits per heavy atom. The average Bonchev–Trinajstić information content (AvgIpc) is 2.85. The van der Waals surface area contributed by atoms with Gasteiger partial charge in [-0.2, -0.15) is 0 Å². The molecule has 19 heavy (non-hydrogen) atoms. The number of para-hydroxylation sites is 1. The van der Waals surface area contributed by atoms with Crippen LogP contribution in [0.25, 0.3) is 0 Å². The predicted molar refractivity (Wildman–Crippen MR) is 74.5 cm³/mol. The lowest BCUT2D eigenvalue weighted by atomic mass is 9.94. The summed E-state index contributed by atoms with van der Waals surface area (Å²) < 4.78 is 5.71. The Bertz CT molecular complexity index is 568. The molecule has 1 aliphatic rings. The predicted octanol–water partition coefficient (Wildman–Crippen LogP) is 2.76. The van der Waals surface area contributed by atoms with Gasteiger partial charge >= 0.3 is 0 Å². The fraction of sp³-hybridized carbons (Fsp3) is 0.333. The first-order valence-electron chi connectivity index (χ1n) is 6.51. The SMILES string of the molecule is Cc1cnc(NC(C)C2COc3ccccc32)nc1. The van der Waals surface area contributed by atoms with Crippen LogP contribution in [-0.4, -0.2) is 22.6 Å². The Morgan fingerprint density at radius 2 is 2.00 bits per heavy atom. The van der Waals surface area contributed by atoms with E-state index < -0.39 is 0 Å². The molecular formula is C15H17N3O. The molecule has 0 fully saturated rings. The van der Waals surface area contributed by atoms with Crippen molar-refractivity contribution >= 4 is 5.95 Å². The maximum atomic E-state index is 5.71. The first-order chi connectivity index (χ1) is 9.24. The molecule has 0 saturated carbocycles. The zero-order valence-electron chi connectivity index (χ0n) is 11.1. The van der Waals surface area contributed by atoms with Gasteiger partial charge in [0, 0.05) is 29.9 Å². The number of hydrogen-bond acceptors (Lipinski definition) is 4. The highest BCUT2D eigenvalue weighted by molar-refractivity contribution is 5.42. The zero-order chi connectivity index (χ0) is 13.2. The van der Waals surface area contributed by atoms with E-state index in [0.29, 0.717) is 18.5 Å². The smallest absolute Gasteiger partial charge is 0.222 e. The van der Waals surface area contributed by atoms with E-state index in [-0.39, 0.29) is 6.04 Å². The minimum Gasteiger partial charge on any atom is -0.493 e. The number of anilines is 1. The van der Waals surface area contributed by atoms with E-state index in [9.17, 15) is 0 Å². The topological polar surface area (TPSA) is 47.0 Å². The minimum atomic E-state index is 0.228. The summed E-state index contributed by atoms with van der Waals surface area (Å²) in [6, 6.07) is 8.43. The van der Waals surface area contributed by atoms with E-state index in [0.717, 1.165) is 11.3 Å². The Morgan fingerprint density at radius 3 is 2.79 bits per heavy atom. The highest BCUT2D eigenvalue weighted by Crippen LogP contribution is 2.36. The van der Waals surface area contributed by atoms with Gasteiger partial charge in [0.2, 0.25) is 5.95 Å². The summed E-state index contributed by atoms with van der Waals surface area (Å²) >= 11 is 0. The molecule has 4 nitrogen and oxygen atoms in total. The van der Waals surface area contributed by atoms with E-state index in [1.165, 1.54) is 5.56 Å². The van der Waals surface area contributed by atoms with Crippen molar-refractivity contribution in [3.63, 3.8) is 0 Å². The Hall–Kier alpha value is -2.10. The van der Waals surface area contributed by atoms with Crippen LogP contribution in [0.2, 0.25) is 0 Å². The molecule has 1 aromatic heterocycles. The van der Waals surface area contributed by atoms with Gasteiger partial charge in [0.05, 0.1) is 6.61 Å². The van der Waals surface area contributed by atoms with Gasteiger partial charge in [-0.15, -0.1) is 0 Å². The van der Waals surface area contributed by atoms with Crippen LogP contribution >= 0.6 is 0 Å². The number of benzene rings is 1. The molecule has 3 rings (SSSR count). The van der Waals surface area contributed by atoms with Gasteiger partial charge in [-0.05, 0) is 25.5 Å². The van der Waals surface area contributed by atoms with Crippen LogP contribution in [0.15, 0.2) is 36.7 Å². The van der Waals surface area contributed by atoms with E-state index in [1.807, 2.05) is 31.5 Å². The lowest BCUT2D eigenvalue weighted by Gasteiger charge is -2.19. The second kappa shape index (κ2) is 4.88. The number of nitrogens with one attached hydrogen (secondary N) is 1. The molecule has 0 spiro atoms. The van der Waals surface area contributed by atoms with Crippen molar-refractivity contribution in [3.05, 3.63) is 47.8 Å². The lowest BCUT2D eigenvalue weighted by Crippen LogP contribution is -2.26. The van der Waals surface area contributed by atoms with Crippen LogP contribution in [0.1, 0.15) is 24.0 Å². The van der Waals surface area contributed by atoms with Gasteiger partial charge in [-0.1, -0.05) is 18.2 Å². The number of nitrogens with zero attached hydrogens (tertiary/aromatic N) is 2. The van der Waals surface area contributed by atoms with Crippen molar-refractivity contribution in [1.82, 2.24) is 9.97 Å². The normalized spacial score (nSPS) is 18.5. The van der Waals surface area contributed by atoms with Crippen LogP contribution in [0.4, 0.5) is 5.95 Å². The molecule has 0 bridgehead atoms. The second-order valence-corrected chi connectivity index (χ2v) is 4.97. The molecule has 98 valence electrons. The largest absolute Gasteiger partial charge is 0.493 e. The summed E-state index contributed by atoms with van der Waals surface area (Å²) in [7, 11) is 0. The Balaban J connectivity index is 1.75. The summed E-state index contributed by atoms with van der Waals surface area (Å²) in [5.41, 5.74) is 2.32. The van der Waals surface area contributed by atoms with Gasteiger partial charge in [0.15, 0.2) is 0 Å². The van der Waals surface area contributed by atoms with Crippen LogP contribution < -0.4 is 10.1 Å². The van der Waals surface area contributed by atoms with Gasteiger partial charge < -0.3 is 10.1 Å². The number of rotatable bonds is 3. The van der Waals surface area contributed by atoms with Crippen molar-refractivity contribution in [1.29, 1.82) is 0 Å². The number of aryl methyl sites for hydroxylation is 1. The average molecular weight is 255 g/mol. The molecule has 1 N–H and O–H groups in total. The molecule has 0 saturated heterocycles. The van der Waals surface area contributed by atoms with Crippen molar-refractivity contribution in [2.24, 2.45) is 0 Å². The maximum absolute atomic E-state index is 5.71. The third-order valence-electron chi connectivity index (χ3n) is 3.48. The van der Waals surface area contributed by atoms with Gasteiger partial charge in [0.1, 0.15) is 5.75 Å². The van der Waals surface area contributed by atoms with Gasteiger partial charge in [0.25, 0.3) is 0 Å². The van der Waals surface area contributed by atoms with Crippen molar-refractivity contribution in [2.45, 2.75) is 25.8 Å². The molecule has 1 aliphatic heterocycles. The summed E-state index contributed by atoms with van der Waals surface area (Å²) in [5.74, 6) is 1.99. The first-order valence-corrected chi connectivity index (χ1v) is 6.51. The van der Waals surface area contributed by atoms with Gasteiger partial charge in [-0.25, -0.2) is 9.97 Å². The molecular weight excluding hydrogens is 238 g/mol. The Kier molecular flexibility index (Phi) is 3.07. The molecule has 1 aromatic carbocycles. The maximum Gasteiger partial charge on any atom is 0.222 e. The quantitative estimate of drug-likeness (QED) is 0.916. The summed E-state index contributed by atoms with van der Waals surface area (Å²) in [4.78, 5) is 8.57. The summed E-state index contributed by atoms with van der Waals surface area (Å²) in [6.07, 6.45) is 3.64. The fourth-order valence-electron chi connectivity index (χ4n) is 2.37. The van der Waals surface area contributed by atoms with E-state index in [2.05, 4.69) is 34.3 Å². The molecule has 2 unspecified atom stereocenters. The van der Waals surface area contributed by atoms with Crippen LogP contribution in [0, 0.1) is 6.92 Å².